The molecule has 2 heterocycles. The third-order valence-corrected chi connectivity index (χ3v) is 5.06. The van der Waals surface area contributed by atoms with E-state index in [9.17, 15) is 13.2 Å². The van der Waals surface area contributed by atoms with Gasteiger partial charge in [0.05, 0.1) is 4.90 Å². The van der Waals surface area contributed by atoms with Gasteiger partial charge >= 0.3 is 5.63 Å². The third-order valence-electron chi connectivity index (χ3n) is 3.67. The predicted molar refractivity (Wildman–Crippen MR) is 96.5 cm³/mol. The summed E-state index contributed by atoms with van der Waals surface area (Å²) in [6, 6.07) is 11.4. The summed E-state index contributed by atoms with van der Waals surface area (Å²) in [6.07, 6.45) is 2.75. The molecule has 0 unspecified atom stereocenters. The highest BCUT2D eigenvalue weighted by Gasteiger charge is 2.15. The highest BCUT2D eigenvalue weighted by atomic mass is 35.5. The molecule has 128 valence electrons. The van der Waals surface area contributed by atoms with Gasteiger partial charge in [-0.15, -0.1) is 0 Å². The van der Waals surface area contributed by atoms with Gasteiger partial charge in [0.15, 0.2) is 9.84 Å². The lowest BCUT2D eigenvalue weighted by Gasteiger charge is -2.09. The zero-order chi connectivity index (χ0) is 18.2. The Hall–Kier alpha value is -2.44. The molecule has 0 amide bonds. The maximum atomic E-state index is 11.9. The smallest absolute Gasteiger partial charge is 0.355 e. The molecule has 0 saturated carbocycles. The maximum absolute atomic E-state index is 11.9. The lowest BCUT2D eigenvalue weighted by Crippen LogP contribution is -2.02. The van der Waals surface area contributed by atoms with Crippen LogP contribution in [0.25, 0.3) is 22.5 Å². The van der Waals surface area contributed by atoms with Crippen molar-refractivity contribution in [3.8, 4) is 22.5 Å². The van der Waals surface area contributed by atoms with E-state index in [2.05, 4.69) is 4.98 Å². The zero-order valence-electron chi connectivity index (χ0n) is 13.5. The Labute approximate surface area is 149 Å². The molecule has 3 aromatic rings. The van der Waals surface area contributed by atoms with Crippen molar-refractivity contribution in [1.29, 1.82) is 0 Å². The number of aromatic nitrogens is 1. The predicted octanol–water partition coefficient (Wildman–Crippen LogP) is 3.73. The fraction of sp³-hybridized carbons (Fsp3) is 0.111. The van der Waals surface area contributed by atoms with Crippen LogP contribution in [-0.4, -0.2) is 19.7 Å². The normalized spacial score (nSPS) is 11.5. The van der Waals surface area contributed by atoms with E-state index >= 15 is 0 Å². The van der Waals surface area contributed by atoms with Crippen LogP contribution in [0.5, 0.6) is 0 Å². The number of rotatable bonds is 3. The first-order valence-electron chi connectivity index (χ1n) is 7.33. The Morgan fingerprint density at radius 3 is 2.24 bits per heavy atom. The van der Waals surface area contributed by atoms with Crippen molar-refractivity contribution >= 4 is 21.4 Å². The highest BCUT2D eigenvalue weighted by Crippen LogP contribution is 2.33. The second-order valence-electron chi connectivity index (χ2n) is 5.61. The van der Waals surface area contributed by atoms with E-state index in [0.29, 0.717) is 22.5 Å². The molecule has 0 aliphatic heterocycles. The molecule has 25 heavy (non-hydrogen) atoms. The minimum atomic E-state index is -3.29. The second-order valence-corrected chi connectivity index (χ2v) is 8.03. The summed E-state index contributed by atoms with van der Waals surface area (Å²) in [4.78, 5) is 16.3. The molecule has 0 fully saturated rings. The first kappa shape index (κ1) is 17.4. The zero-order valence-corrected chi connectivity index (χ0v) is 15.1. The fourth-order valence-corrected chi connectivity index (χ4v) is 3.14. The molecule has 1 aromatic carbocycles. The van der Waals surface area contributed by atoms with E-state index < -0.39 is 15.5 Å². The summed E-state index contributed by atoms with van der Waals surface area (Å²) in [5, 5.41) is -0.0500. The summed E-state index contributed by atoms with van der Waals surface area (Å²) in [6.45, 7) is 1.85. The van der Waals surface area contributed by atoms with Crippen LogP contribution < -0.4 is 5.63 Å². The molecule has 2 aromatic heterocycles. The van der Waals surface area contributed by atoms with E-state index in [0.717, 1.165) is 11.9 Å². The summed E-state index contributed by atoms with van der Waals surface area (Å²) in [5.74, 6) is 0.328. The van der Waals surface area contributed by atoms with E-state index in [-0.39, 0.29) is 9.92 Å². The third kappa shape index (κ3) is 3.65. The molecule has 0 saturated heterocycles. The van der Waals surface area contributed by atoms with E-state index in [1.54, 1.807) is 30.5 Å². The molecular formula is C18H14ClNO4S. The van der Waals surface area contributed by atoms with Gasteiger partial charge in [0.25, 0.3) is 0 Å². The standard InChI is InChI=1S/C18H14ClNO4S/c1-11-3-4-13(10-20-11)17-15(9-16(19)18(21)24-17)12-5-7-14(8-6-12)25(2,22)23/h3-10H,1-2H3. The van der Waals surface area contributed by atoms with Crippen molar-refractivity contribution in [2.75, 3.05) is 6.26 Å². The molecule has 0 aliphatic rings. The first-order chi connectivity index (χ1) is 11.8. The number of nitrogens with zero attached hydrogens (tertiary/aromatic N) is 1. The van der Waals surface area contributed by atoms with E-state index in [1.165, 1.54) is 18.2 Å². The molecular weight excluding hydrogens is 362 g/mol. The molecule has 7 heteroatoms. The van der Waals surface area contributed by atoms with Crippen molar-refractivity contribution in [3.63, 3.8) is 0 Å². The number of aryl methyl sites for hydroxylation is 1. The van der Waals surface area contributed by atoms with Gasteiger partial charge in [0.1, 0.15) is 10.8 Å². The van der Waals surface area contributed by atoms with Crippen LogP contribution in [-0.2, 0) is 9.84 Å². The van der Waals surface area contributed by atoms with Gasteiger partial charge in [0.2, 0.25) is 0 Å². The Morgan fingerprint density at radius 2 is 1.68 bits per heavy atom. The molecule has 0 radical (unpaired) electrons. The van der Waals surface area contributed by atoms with Crippen LogP contribution in [0.2, 0.25) is 5.02 Å². The van der Waals surface area contributed by atoms with Crippen LogP contribution in [0, 0.1) is 6.92 Å². The number of hydrogen-bond acceptors (Lipinski definition) is 5. The number of sulfone groups is 1. The van der Waals surface area contributed by atoms with Crippen molar-refractivity contribution in [3.05, 3.63) is 69.8 Å². The fourth-order valence-electron chi connectivity index (χ4n) is 2.36. The van der Waals surface area contributed by atoms with Gasteiger partial charge in [-0.25, -0.2) is 13.2 Å². The molecule has 5 nitrogen and oxygen atoms in total. The second kappa shape index (κ2) is 6.46. The quantitative estimate of drug-likeness (QED) is 0.697. The van der Waals surface area contributed by atoms with Gasteiger partial charge in [0, 0.05) is 29.3 Å². The van der Waals surface area contributed by atoms with Crippen LogP contribution in [0.3, 0.4) is 0 Å². The lowest BCUT2D eigenvalue weighted by atomic mass is 10.0. The topological polar surface area (TPSA) is 77.2 Å². The van der Waals surface area contributed by atoms with E-state index in [4.69, 9.17) is 16.0 Å². The summed E-state index contributed by atoms with van der Waals surface area (Å²) in [7, 11) is -3.29. The highest BCUT2D eigenvalue weighted by molar-refractivity contribution is 7.90. The molecule has 0 bridgehead atoms. The van der Waals surface area contributed by atoms with Gasteiger partial charge < -0.3 is 4.42 Å². The van der Waals surface area contributed by atoms with Crippen LogP contribution >= 0.6 is 11.6 Å². The summed E-state index contributed by atoms with van der Waals surface area (Å²) >= 11 is 5.93. The van der Waals surface area contributed by atoms with Crippen molar-refractivity contribution in [2.24, 2.45) is 0 Å². The van der Waals surface area contributed by atoms with Crippen LogP contribution in [0.15, 0.2) is 62.8 Å². The lowest BCUT2D eigenvalue weighted by molar-refractivity contribution is 0.527. The summed E-state index contributed by atoms with van der Waals surface area (Å²) in [5.41, 5.74) is 2.07. The average molecular weight is 376 g/mol. The number of pyridine rings is 1. The Morgan fingerprint density at radius 1 is 1.04 bits per heavy atom. The van der Waals surface area contributed by atoms with Gasteiger partial charge in [-0.1, -0.05) is 23.7 Å². The molecule has 0 N–H and O–H groups in total. The minimum absolute atomic E-state index is 0.0500. The number of benzene rings is 1. The molecule has 3 rings (SSSR count). The van der Waals surface area contributed by atoms with Gasteiger partial charge in [-0.2, -0.15) is 0 Å². The maximum Gasteiger partial charge on any atom is 0.355 e. The van der Waals surface area contributed by atoms with Crippen molar-refractivity contribution in [2.45, 2.75) is 11.8 Å². The molecule has 0 atom stereocenters. The Bertz CT molecular complexity index is 1090. The number of hydrogen-bond donors (Lipinski definition) is 0. The van der Waals surface area contributed by atoms with Crippen molar-refractivity contribution < 1.29 is 12.8 Å². The van der Waals surface area contributed by atoms with E-state index in [1.807, 2.05) is 6.92 Å². The Balaban J connectivity index is 2.20. The summed E-state index contributed by atoms with van der Waals surface area (Å²) < 4.78 is 28.6. The monoisotopic (exact) mass is 375 g/mol. The molecule has 0 aliphatic carbocycles. The minimum Gasteiger partial charge on any atom is -0.421 e. The van der Waals surface area contributed by atoms with Crippen molar-refractivity contribution in [1.82, 2.24) is 4.98 Å². The van der Waals surface area contributed by atoms with Crippen LogP contribution in [0.1, 0.15) is 5.69 Å². The largest absolute Gasteiger partial charge is 0.421 e. The van der Waals surface area contributed by atoms with Gasteiger partial charge in [-0.3, -0.25) is 4.98 Å². The first-order valence-corrected chi connectivity index (χ1v) is 9.60. The Kier molecular flexibility index (Phi) is 4.49. The van der Waals surface area contributed by atoms with Gasteiger partial charge in [-0.05, 0) is 42.8 Å². The van der Waals surface area contributed by atoms with Crippen LogP contribution in [0.4, 0.5) is 0 Å². The SMILES string of the molecule is Cc1ccc(-c2oc(=O)c(Cl)cc2-c2ccc(S(C)(=O)=O)cc2)cn1. The average Bonchev–Trinajstić information content (AvgIpc) is 2.57. The molecule has 0 spiro atoms. The number of halogens is 1.